The van der Waals surface area contributed by atoms with E-state index in [1.165, 1.54) is 32.1 Å². The van der Waals surface area contributed by atoms with E-state index < -0.39 is 0 Å². The molecule has 8 nitrogen and oxygen atoms in total. The van der Waals surface area contributed by atoms with Crippen molar-refractivity contribution in [3.05, 3.63) is 39.9 Å². The number of nitrogens with zero attached hydrogens (tertiary/aromatic N) is 6. The summed E-state index contributed by atoms with van der Waals surface area (Å²) in [4.78, 5) is 12.7. The highest BCUT2D eigenvalue weighted by atomic mass is 32.2. The van der Waals surface area contributed by atoms with Gasteiger partial charge in [0.25, 0.3) is 5.56 Å². The topological polar surface area (TPSA) is 90.0 Å². The van der Waals surface area contributed by atoms with Crippen LogP contribution in [0.1, 0.15) is 43.5 Å². The van der Waals surface area contributed by atoms with Gasteiger partial charge in [-0.1, -0.05) is 54.0 Å². The average molecular weight is 442 g/mol. The third-order valence-corrected chi connectivity index (χ3v) is 7.59. The van der Waals surface area contributed by atoms with Crippen LogP contribution in [0.25, 0.3) is 16.7 Å². The number of aryl methyl sites for hydroxylation is 2. The Bertz CT molecular complexity index is 1270. The van der Waals surface area contributed by atoms with E-state index in [0.717, 1.165) is 26.4 Å². The summed E-state index contributed by atoms with van der Waals surface area (Å²) in [6.07, 6.45) is 6.32. The van der Waals surface area contributed by atoms with E-state index in [1.807, 2.05) is 29.5 Å². The monoisotopic (exact) mass is 441 g/mol. The molecule has 1 aliphatic carbocycles. The maximum Gasteiger partial charge on any atom is 0.262 e. The van der Waals surface area contributed by atoms with E-state index in [2.05, 4.69) is 25.7 Å². The third kappa shape index (κ3) is 3.58. The van der Waals surface area contributed by atoms with Crippen molar-refractivity contribution < 1.29 is 0 Å². The van der Waals surface area contributed by atoms with Gasteiger partial charge in [-0.15, -0.1) is 20.4 Å². The smallest absolute Gasteiger partial charge is 0.262 e. The summed E-state index contributed by atoms with van der Waals surface area (Å²) in [6, 6.07) is 6.41. The number of benzene rings is 1. The van der Waals surface area contributed by atoms with Gasteiger partial charge in [-0.25, -0.2) is 0 Å². The largest absolute Gasteiger partial charge is 0.357 e. The molecule has 0 atom stereocenters. The molecule has 30 heavy (non-hydrogen) atoms. The Kier molecular flexibility index (Phi) is 5.20. The maximum absolute atomic E-state index is 12.7. The number of hydrogen-bond donors (Lipinski definition) is 1. The Morgan fingerprint density at radius 2 is 2.00 bits per heavy atom. The molecule has 0 saturated heterocycles. The van der Waals surface area contributed by atoms with Crippen molar-refractivity contribution in [2.24, 2.45) is 7.05 Å². The van der Waals surface area contributed by atoms with Gasteiger partial charge in [-0.05, 0) is 31.9 Å². The summed E-state index contributed by atoms with van der Waals surface area (Å²) in [7, 11) is 1.74. The average Bonchev–Trinajstić information content (AvgIpc) is 3.38. The molecule has 4 aromatic rings. The molecule has 1 fully saturated rings. The third-order valence-electron chi connectivity index (χ3n) is 5.60. The highest BCUT2D eigenvalue weighted by molar-refractivity contribution is 8.00. The molecule has 0 aliphatic heterocycles. The van der Waals surface area contributed by atoms with Crippen molar-refractivity contribution in [3.8, 4) is 0 Å². The lowest BCUT2D eigenvalue weighted by molar-refractivity contribution is 0.462. The molecule has 10 heteroatoms. The van der Waals surface area contributed by atoms with Crippen LogP contribution in [-0.4, -0.2) is 35.4 Å². The molecule has 1 aliphatic rings. The highest BCUT2D eigenvalue weighted by Crippen LogP contribution is 2.30. The Morgan fingerprint density at radius 1 is 1.17 bits per heavy atom. The molecule has 0 unspecified atom stereocenters. The van der Waals surface area contributed by atoms with E-state index in [9.17, 15) is 4.79 Å². The first-order chi connectivity index (χ1) is 14.6. The number of hydrogen-bond acceptors (Lipinski definition) is 8. The molecular formula is C20H23N7OS2. The van der Waals surface area contributed by atoms with Crippen LogP contribution < -0.4 is 10.9 Å². The number of aromatic nitrogens is 6. The minimum Gasteiger partial charge on any atom is -0.357 e. The summed E-state index contributed by atoms with van der Waals surface area (Å²) in [5.41, 5.74) is 1.82. The van der Waals surface area contributed by atoms with Gasteiger partial charge < -0.3 is 5.32 Å². The summed E-state index contributed by atoms with van der Waals surface area (Å²) in [5.74, 6) is 1.93. The van der Waals surface area contributed by atoms with Crippen molar-refractivity contribution in [2.45, 2.75) is 55.2 Å². The number of rotatable bonds is 5. The zero-order valence-corrected chi connectivity index (χ0v) is 18.6. The van der Waals surface area contributed by atoms with Crippen LogP contribution >= 0.6 is 23.1 Å². The van der Waals surface area contributed by atoms with E-state index in [4.69, 9.17) is 0 Å². The van der Waals surface area contributed by atoms with Crippen LogP contribution in [0.15, 0.2) is 27.3 Å². The van der Waals surface area contributed by atoms with Crippen molar-refractivity contribution in [3.63, 3.8) is 0 Å². The number of fused-ring (bicyclic) bond motifs is 3. The molecular weight excluding hydrogens is 418 g/mol. The second-order valence-corrected chi connectivity index (χ2v) is 9.98. The van der Waals surface area contributed by atoms with Crippen LogP contribution in [0.4, 0.5) is 5.13 Å². The van der Waals surface area contributed by atoms with Gasteiger partial charge in [0.15, 0.2) is 4.34 Å². The molecule has 3 heterocycles. The zero-order valence-electron chi connectivity index (χ0n) is 17.0. The van der Waals surface area contributed by atoms with E-state index >= 15 is 0 Å². The maximum atomic E-state index is 12.7. The zero-order chi connectivity index (χ0) is 20.7. The summed E-state index contributed by atoms with van der Waals surface area (Å²) < 4.78 is 4.42. The second-order valence-electron chi connectivity index (χ2n) is 7.78. The summed E-state index contributed by atoms with van der Waals surface area (Å²) in [5, 5.41) is 22.3. The fourth-order valence-corrected chi connectivity index (χ4v) is 5.77. The van der Waals surface area contributed by atoms with Crippen LogP contribution in [0.2, 0.25) is 0 Å². The number of nitrogens with one attached hydrogen (secondary N) is 1. The normalized spacial score (nSPS) is 15.3. The second kappa shape index (κ2) is 7.99. The van der Waals surface area contributed by atoms with Crippen LogP contribution in [0.5, 0.6) is 0 Å². The Labute approximate surface area is 181 Å². The Morgan fingerprint density at radius 3 is 2.83 bits per heavy atom. The lowest BCUT2D eigenvalue weighted by Gasteiger charge is -2.21. The van der Waals surface area contributed by atoms with Crippen LogP contribution in [-0.2, 0) is 12.8 Å². The van der Waals surface area contributed by atoms with Crippen LogP contribution in [0.3, 0.4) is 0 Å². The quantitative estimate of drug-likeness (QED) is 0.471. The van der Waals surface area contributed by atoms with Gasteiger partial charge in [0.1, 0.15) is 5.82 Å². The predicted octanol–water partition coefficient (Wildman–Crippen LogP) is 3.78. The van der Waals surface area contributed by atoms with Crippen molar-refractivity contribution in [1.82, 2.24) is 29.4 Å². The minimum absolute atomic E-state index is 0.0599. The van der Waals surface area contributed by atoms with E-state index in [-0.39, 0.29) is 5.56 Å². The molecule has 5 rings (SSSR count). The molecule has 0 bridgehead atoms. The fraction of sp³-hybridized carbons (Fsp3) is 0.450. The lowest BCUT2D eigenvalue weighted by Crippen LogP contribution is -2.21. The standard InChI is InChI=1S/C20H23N7OS2/c1-12-8-9-15-14(10-12)17(28)26(2)19-24-22-16(27(15)19)11-29-20-25-23-18(30-20)21-13-6-4-3-5-7-13/h8-10,13H,3-7,11H2,1-2H3,(H,21,23). The van der Waals surface area contributed by atoms with E-state index in [0.29, 0.717) is 23.0 Å². The molecule has 0 radical (unpaired) electrons. The summed E-state index contributed by atoms with van der Waals surface area (Å²) in [6.45, 7) is 1.99. The minimum atomic E-state index is -0.0599. The molecule has 0 amide bonds. The van der Waals surface area contributed by atoms with Gasteiger partial charge >= 0.3 is 0 Å². The predicted molar refractivity (Wildman–Crippen MR) is 120 cm³/mol. The molecule has 1 aromatic carbocycles. The van der Waals surface area contributed by atoms with Crippen molar-refractivity contribution in [1.29, 1.82) is 0 Å². The first-order valence-electron chi connectivity index (χ1n) is 10.2. The SMILES string of the molecule is Cc1ccc2c(c1)c(=O)n(C)c1nnc(CSc3nnc(NC4CCCCC4)s3)n21. The van der Waals surface area contributed by atoms with Crippen molar-refractivity contribution in [2.75, 3.05) is 5.32 Å². The first-order valence-corrected chi connectivity index (χ1v) is 12.0. The van der Waals surface area contributed by atoms with Gasteiger partial charge in [0.05, 0.1) is 16.7 Å². The Balaban J connectivity index is 1.40. The number of anilines is 1. The fourth-order valence-electron chi connectivity index (χ4n) is 4.03. The highest BCUT2D eigenvalue weighted by Gasteiger charge is 2.17. The van der Waals surface area contributed by atoms with Gasteiger partial charge in [-0.2, -0.15) is 0 Å². The number of thioether (sulfide) groups is 1. The molecule has 156 valence electrons. The van der Waals surface area contributed by atoms with Gasteiger partial charge in [0, 0.05) is 13.1 Å². The molecule has 1 saturated carbocycles. The Hall–Kier alpha value is -2.46. The molecule has 0 spiro atoms. The van der Waals surface area contributed by atoms with E-state index in [1.54, 1.807) is 34.7 Å². The van der Waals surface area contributed by atoms with Crippen LogP contribution in [0, 0.1) is 6.92 Å². The summed E-state index contributed by atoms with van der Waals surface area (Å²) >= 11 is 3.17. The van der Waals surface area contributed by atoms with Gasteiger partial charge in [0.2, 0.25) is 10.9 Å². The molecule has 3 aromatic heterocycles. The molecule has 1 N–H and O–H groups in total. The van der Waals surface area contributed by atoms with Crippen molar-refractivity contribution >= 4 is 44.9 Å². The lowest BCUT2D eigenvalue weighted by atomic mass is 9.96. The first kappa shape index (κ1) is 19.5. The van der Waals surface area contributed by atoms with Gasteiger partial charge in [-0.3, -0.25) is 13.8 Å².